The number of anilines is 1. The fourth-order valence-corrected chi connectivity index (χ4v) is 2.95. The summed E-state index contributed by atoms with van der Waals surface area (Å²) in [6.45, 7) is 6.13. The van der Waals surface area contributed by atoms with E-state index in [2.05, 4.69) is 50.0 Å². The molecule has 1 N–H and O–H groups in total. The van der Waals surface area contributed by atoms with E-state index in [1.165, 1.54) is 11.8 Å². The average molecular weight is 415 g/mol. The second-order valence-corrected chi connectivity index (χ2v) is 6.42. The fourth-order valence-electron chi connectivity index (χ4n) is 1.62. The van der Waals surface area contributed by atoms with Crippen molar-refractivity contribution >= 4 is 45.9 Å². The molecule has 0 saturated heterocycles. The number of benzene rings is 1. The lowest BCUT2D eigenvalue weighted by Gasteiger charge is -2.08. The predicted molar refractivity (Wildman–Crippen MR) is 91.3 cm³/mol. The minimum Gasteiger partial charge on any atom is -0.325 e. The Bertz CT molecular complexity index is 658. The van der Waals surface area contributed by atoms with Crippen molar-refractivity contribution in [3.8, 4) is 0 Å². The van der Waals surface area contributed by atoms with Crippen molar-refractivity contribution in [2.45, 2.75) is 18.6 Å². The molecule has 0 aliphatic carbocycles. The zero-order chi connectivity index (χ0) is 15.2. The Morgan fingerprint density at radius 2 is 2.38 bits per heavy atom. The van der Waals surface area contributed by atoms with Crippen LogP contribution in [0.4, 0.5) is 5.69 Å². The van der Waals surface area contributed by atoms with Crippen molar-refractivity contribution in [3.63, 3.8) is 0 Å². The van der Waals surface area contributed by atoms with Gasteiger partial charge in [-0.15, -0.1) is 11.7 Å². The third kappa shape index (κ3) is 4.53. The normalized spacial score (nSPS) is 10.4. The molecule has 1 amide bonds. The first kappa shape index (κ1) is 16.0. The molecule has 1 heterocycles. The molecule has 110 valence electrons. The topological polar surface area (TPSA) is 72.7 Å². The van der Waals surface area contributed by atoms with Gasteiger partial charge in [-0.2, -0.15) is 0 Å². The molecular formula is C13H14IN5OS. The molecule has 21 heavy (non-hydrogen) atoms. The van der Waals surface area contributed by atoms with Crippen molar-refractivity contribution in [2.75, 3.05) is 11.1 Å². The summed E-state index contributed by atoms with van der Waals surface area (Å²) in [6.07, 6.45) is 1.70. The van der Waals surface area contributed by atoms with Crippen LogP contribution in [0.3, 0.4) is 0 Å². The molecular weight excluding hydrogens is 401 g/mol. The smallest absolute Gasteiger partial charge is 0.234 e. The minimum absolute atomic E-state index is 0.0857. The van der Waals surface area contributed by atoms with E-state index < -0.39 is 0 Å². The van der Waals surface area contributed by atoms with Gasteiger partial charge in [-0.3, -0.25) is 4.79 Å². The highest BCUT2D eigenvalue weighted by molar-refractivity contribution is 14.1. The first-order valence-electron chi connectivity index (χ1n) is 6.16. The Morgan fingerprint density at radius 3 is 3.10 bits per heavy atom. The first-order chi connectivity index (χ1) is 10.1. The second-order valence-electron chi connectivity index (χ2n) is 4.23. The Balaban J connectivity index is 1.92. The molecule has 0 atom stereocenters. The highest BCUT2D eigenvalue weighted by Gasteiger charge is 2.10. The predicted octanol–water partition coefficient (Wildman–Crippen LogP) is 2.50. The Labute approximate surface area is 140 Å². The zero-order valence-corrected chi connectivity index (χ0v) is 14.4. The number of allylic oxidation sites excluding steroid dienone is 1. The summed E-state index contributed by atoms with van der Waals surface area (Å²) < 4.78 is 2.74. The zero-order valence-electron chi connectivity index (χ0n) is 11.4. The number of nitrogens with zero attached hydrogens (tertiary/aromatic N) is 4. The van der Waals surface area contributed by atoms with Crippen LogP contribution in [0.25, 0.3) is 0 Å². The van der Waals surface area contributed by atoms with Gasteiger partial charge in [0.05, 0.1) is 12.3 Å². The molecule has 0 aliphatic heterocycles. The SMILES string of the molecule is C=CCn1nnnc1SCC(=O)Nc1ccc(I)cc1C. The first-order valence-corrected chi connectivity index (χ1v) is 8.22. The van der Waals surface area contributed by atoms with Gasteiger partial charge in [0.15, 0.2) is 0 Å². The molecule has 0 spiro atoms. The number of aromatic nitrogens is 4. The monoisotopic (exact) mass is 415 g/mol. The van der Waals surface area contributed by atoms with Crippen LogP contribution >= 0.6 is 34.4 Å². The van der Waals surface area contributed by atoms with Gasteiger partial charge in [0.1, 0.15) is 0 Å². The highest BCUT2D eigenvalue weighted by atomic mass is 127. The largest absolute Gasteiger partial charge is 0.325 e. The van der Waals surface area contributed by atoms with Gasteiger partial charge >= 0.3 is 0 Å². The fraction of sp³-hybridized carbons (Fsp3) is 0.231. The molecule has 6 nitrogen and oxygen atoms in total. The van der Waals surface area contributed by atoms with Crippen molar-refractivity contribution < 1.29 is 4.79 Å². The number of halogens is 1. The minimum atomic E-state index is -0.0857. The number of hydrogen-bond donors (Lipinski definition) is 1. The number of hydrogen-bond acceptors (Lipinski definition) is 5. The number of rotatable bonds is 6. The Hall–Kier alpha value is -1.42. The van der Waals surface area contributed by atoms with Crippen molar-refractivity contribution in [1.29, 1.82) is 0 Å². The number of tetrazole rings is 1. The molecule has 2 rings (SSSR count). The van der Waals surface area contributed by atoms with E-state index in [0.717, 1.165) is 14.8 Å². The quantitative estimate of drug-likeness (QED) is 0.446. The standard InChI is InChI=1S/C13H14IN5OS/c1-3-6-19-13(16-17-18-19)21-8-12(20)15-11-5-4-10(14)7-9(11)2/h3-5,7H,1,6,8H2,2H3,(H,15,20). The molecule has 0 fully saturated rings. The molecule has 8 heteroatoms. The summed E-state index contributed by atoms with van der Waals surface area (Å²) in [5, 5.41) is 14.8. The van der Waals surface area contributed by atoms with E-state index in [1.807, 2.05) is 25.1 Å². The third-order valence-electron chi connectivity index (χ3n) is 2.60. The van der Waals surface area contributed by atoms with Gasteiger partial charge in [0.25, 0.3) is 0 Å². The third-order valence-corrected chi connectivity index (χ3v) is 4.22. The molecule has 0 radical (unpaired) electrons. The second kappa shape index (κ2) is 7.55. The van der Waals surface area contributed by atoms with E-state index >= 15 is 0 Å². The van der Waals surface area contributed by atoms with Crippen LogP contribution in [0, 0.1) is 10.5 Å². The van der Waals surface area contributed by atoms with Gasteiger partial charge in [0.2, 0.25) is 11.1 Å². The lowest BCUT2D eigenvalue weighted by Crippen LogP contribution is -2.15. The van der Waals surface area contributed by atoms with E-state index in [1.54, 1.807) is 10.8 Å². The number of amides is 1. The molecule has 2 aromatic rings. The van der Waals surface area contributed by atoms with Crippen LogP contribution in [-0.2, 0) is 11.3 Å². The van der Waals surface area contributed by atoms with Crippen LogP contribution in [0.5, 0.6) is 0 Å². The van der Waals surface area contributed by atoms with Crippen LogP contribution in [0.1, 0.15) is 5.56 Å². The van der Waals surface area contributed by atoms with Crippen molar-refractivity contribution in [2.24, 2.45) is 0 Å². The van der Waals surface area contributed by atoms with Gasteiger partial charge in [-0.1, -0.05) is 17.8 Å². The summed E-state index contributed by atoms with van der Waals surface area (Å²) in [6, 6.07) is 5.89. The molecule has 1 aromatic carbocycles. The lowest BCUT2D eigenvalue weighted by molar-refractivity contribution is -0.113. The molecule has 0 aliphatic rings. The van der Waals surface area contributed by atoms with E-state index in [-0.39, 0.29) is 11.7 Å². The van der Waals surface area contributed by atoms with Crippen LogP contribution < -0.4 is 5.32 Å². The Morgan fingerprint density at radius 1 is 1.57 bits per heavy atom. The highest BCUT2D eigenvalue weighted by Crippen LogP contribution is 2.19. The molecule has 0 unspecified atom stereocenters. The summed E-state index contributed by atoms with van der Waals surface area (Å²) in [7, 11) is 0. The molecule has 1 aromatic heterocycles. The molecule has 0 saturated carbocycles. The summed E-state index contributed by atoms with van der Waals surface area (Å²) in [5.41, 5.74) is 1.86. The van der Waals surface area contributed by atoms with Crippen molar-refractivity contribution in [3.05, 3.63) is 40.0 Å². The van der Waals surface area contributed by atoms with Gasteiger partial charge in [-0.05, 0) is 63.7 Å². The number of thioether (sulfide) groups is 1. The Kier molecular flexibility index (Phi) is 5.74. The summed E-state index contributed by atoms with van der Waals surface area (Å²) in [4.78, 5) is 12.0. The number of carbonyl (C=O) groups is 1. The van der Waals surface area contributed by atoms with Crippen molar-refractivity contribution in [1.82, 2.24) is 20.2 Å². The van der Waals surface area contributed by atoms with E-state index in [4.69, 9.17) is 0 Å². The van der Waals surface area contributed by atoms with Gasteiger partial charge < -0.3 is 5.32 Å². The van der Waals surface area contributed by atoms with Gasteiger partial charge in [0, 0.05) is 9.26 Å². The van der Waals surface area contributed by atoms with Gasteiger partial charge in [-0.25, -0.2) is 4.68 Å². The van der Waals surface area contributed by atoms with E-state index in [9.17, 15) is 4.79 Å². The van der Waals surface area contributed by atoms with Crippen LogP contribution in [-0.4, -0.2) is 31.9 Å². The van der Waals surface area contributed by atoms with Crippen LogP contribution in [0.2, 0.25) is 0 Å². The number of aryl methyl sites for hydroxylation is 1. The maximum absolute atomic E-state index is 12.0. The van der Waals surface area contributed by atoms with E-state index in [0.29, 0.717) is 11.7 Å². The maximum atomic E-state index is 12.0. The summed E-state index contributed by atoms with van der Waals surface area (Å²) in [5.74, 6) is 0.167. The maximum Gasteiger partial charge on any atom is 0.234 e. The molecule has 0 bridgehead atoms. The number of carbonyl (C=O) groups excluding carboxylic acids is 1. The van der Waals surface area contributed by atoms with Crippen LogP contribution in [0.15, 0.2) is 36.0 Å². The lowest BCUT2D eigenvalue weighted by atomic mass is 10.2. The number of nitrogens with one attached hydrogen (secondary N) is 1. The summed E-state index contributed by atoms with van der Waals surface area (Å²) >= 11 is 3.54. The average Bonchev–Trinajstić information content (AvgIpc) is 2.88.